The molecule has 0 aromatic rings. The molecule has 0 heteroatoms. The Labute approximate surface area is 63.0 Å². The third kappa shape index (κ3) is 0.461. The summed E-state index contributed by atoms with van der Waals surface area (Å²) in [5.74, 6) is 3.77. The first-order valence-corrected chi connectivity index (χ1v) is 4.10. The van der Waals surface area contributed by atoms with E-state index in [4.69, 9.17) is 6.42 Å². The van der Waals surface area contributed by atoms with Gasteiger partial charge in [-0.1, -0.05) is 19.8 Å². The van der Waals surface area contributed by atoms with Crippen LogP contribution in [-0.2, 0) is 0 Å². The van der Waals surface area contributed by atoms with Gasteiger partial charge in [-0.2, -0.15) is 0 Å². The highest BCUT2D eigenvalue weighted by molar-refractivity contribution is 5.28. The second-order valence-corrected chi connectivity index (χ2v) is 4.47. The van der Waals surface area contributed by atoms with E-state index < -0.39 is 0 Å². The highest BCUT2D eigenvalue weighted by atomic mass is 14.7. The van der Waals surface area contributed by atoms with E-state index in [9.17, 15) is 0 Å². The lowest BCUT2D eigenvalue weighted by atomic mass is 9.33. The van der Waals surface area contributed by atoms with Crippen LogP contribution in [0, 0.1) is 29.1 Å². The van der Waals surface area contributed by atoms with E-state index in [0.29, 0.717) is 10.8 Å². The summed E-state index contributed by atoms with van der Waals surface area (Å²) < 4.78 is 0. The van der Waals surface area contributed by atoms with Gasteiger partial charge in [0.2, 0.25) is 0 Å². The van der Waals surface area contributed by atoms with Gasteiger partial charge in [0.05, 0.1) is 0 Å². The minimum atomic E-state index is 0.379. The molecule has 0 spiro atoms. The molecule has 3 aliphatic carbocycles. The fourth-order valence-electron chi connectivity index (χ4n) is 2.63. The Bertz CT molecular complexity index is 185. The summed E-state index contributed by atoms with van der Waals surface area (Å²) >= 11 is 0. The van der Waals surface area contributed by atoms with Crippen LogP contribution in [0.25, 0.3) is 0 Å². The van der Waals surface area contributed by atoms with Gasteiger partial charge in [-0.05, 0) is 30.6 Å². The molecule has 3 aliphatic rings. The van der Waals surface area contributed by atoms with E-state index in [1.54, 1.807) is 0 Å². The van der Waals surface area contributed by atoms with Gasteiger partial charge < -0.3 is 0 Å². The molecule has 0 amide bonds. The SMILES string of the molecule is C#CC12CC(C(C)C)(C1)C2. The zero-order valence-corrected chi connectivity index (χ0v) is 6.78. The van der Waals surface area contributed by atoms with Crippen molar-refractivity contribution < 1.29 is 0 Å². The Kier molecular flexibility index (Phi) is 0.892. The van der Waals surface area contributed by atoms with Crippen LogP contribution in [0.5, 0.6) is 0 Å². The van der Waals surface area contributed by atoms with Crippen molar-refractivity contribution in [2.75, 3.05) is 0 Å². The Balaban J connectivity index is 2.06. The number of rotatable bonds is 1. The standard InChI is InChI=1S/C10H14/c1-4-9-5-10(6-9,7-9)8(2)3/h1,8H,5-7H2,2-3H3. The van der Waals surface area contributed by atoms with Crippen LogP contribution in [0.15, 0.2) is 0 Å². The molecule has 0 N–H and O–H groups in total. The molecule has 54 valence electrons. The van der Waals surface area contributed by atoms with Gasteiger partial charge in [-0.25, -0.2) is 0 Å². The molecule has 0 aromatic carbocycles. The maximum absolute atomic E-state index is 5.42. The quantitative estimate of drug-likeness (QED) is 0.483. The highest BCUT2D eigenvalue weighted by Crippen LogP contribution is 2.75. The van der Waals surface area contributed by atoms with Gasteiger partial charge in [0.1, 0.15) is 0 Å². The summed E-state index contributed by atoms with van der Waals surface area (Å²) in [5.41, 5.74) is 1.07. The van der Waals surface area contributed by atoms with E-state index in [0.717, 1.165) is 5.92 Å². The molecule has 0 nitrogen and oxygen atoms in total. The minimum Gasteiger partial charge on any atom is -0.120 e. The maximum atomic E-state index is 5.42. The fourth-order valence-corrected chi connectivity index (χ4v) is 2.63. The second-order valence-electron chi connectivity index (χ2n) is 4.47. The van der Waals surface area contributed by atoms with Crippen molar-refractivity contribution in [3.05, 3.63) is 0 Å². The average molecular weight is 134 g/mol. The summed E-state index contributed by atoms with van der Waals surface area (Å²) in [5, 5.41) is 0. The van der Waals surface area contributed by atoms with Crippen LogP contribution >= 0.6 is 0 Å². The molecule has 0 atom stereocenters. The fraction of sp³-hybridized carbons (Fsp3) is 0.800. The van der Waals surface area contributed by atoms with E-state index in [1.807, 2.05) is 0 Å². The lowest BCUT2D eigenvalue weighted by Crippen LogP contribution is -2.63. The molecule has 0 unspecified atom stereocenters. The third-order valence-corrected chi connectivity index (χ3v) is 3.60. The third-order valence-electron chi connectivity index (χ3n) is 3.60. The summed E-state index contributed by atoms with van der Waals surface area (Å²) in [6.07, 6.45) is 9.36. The highest BCUT2D eigenvalue weighted by Gasteiger charge is 2.67. The van der Waals surface area contributed by atoms with Crippen LogP contribution < -0.4 is 0 Å². The Morgan fingerprint density at radius 3 is 2.10 bits per heavy atom. The van der Waals surface area contributed by atoms with Crippen LogP contribution in [0.3, 0.4) is 0 Å². The van der Waals surface area contributed by atoms with E-state index in [1.165, 1.54) is 19.3 Å². The van der Waals surface area contributed by atoms with Gasteiger partial charge in [0.25, 0.3) is 0 Å². The number of hydrogen-bond donors (Lipinski definition) is 0. The van der Waals surface area contributed by atoms with Crippen molar-refractivity contribution in [1.82, 2.24) is 0 Å². The van der Waals surface area contributed by atoms with Crippen molar-refractivity contribution in [3.8, 4) is 12.3 Å². The van der Waals surface area contributed by atoms with Gasteiger partial charge >= 0.3 is 0 Å². The predicted octanol–water partition coefficient (Wildman–Crippen LogP) is 2.45. The number of hydrogen-bond acceptors (Lipinski definition) is 0. The molecule has 3 saturated carbocycles. The Morgan fingerprint density at radius 2 is 1.80 bits per heavy atom. The molecule has 0 radical (unpaired) electrons. The molecule has 2 bridgehead atoms. The first kappa shape index (κ1) is 6.28. The van der Waals surface area contributed by atoms with E-state index in [-0.39, 0.29) is 0 Å². The van der Waals surface area contributed by atoms with Crippen LogP contribution in [0.4, 0.5) is 0 Å². The Morgan fingerprint density at radius 1 is 1.30 bits per heavy atom. The van der Waals surface area contributed by atoms with Gasteiger partial charge in [-0.3, -0.25) is 0 Å². The molecular formula is C10H14. The summed E-state index contributed by atoms with van der Waals surface area (Å²) in [4.78, 5) is 0. The van der Waals surface area contributed by atoms with E-state index >= 15 is 0 Å². The normalized spacial score (nSPS) is 49.4. The lowest BCUT2D eigenvalue weighted by Gasteiger charge is -2.70. The molecule has 3 fully saturated rings. The molecule has 10 heavy (non-hydrogen) atoms. The van der Waals surface area contributed by atoms with Gasteiger partial charge in [-0.15, -0.1) is 6.42 Å². The molecule has 0 aliphatic heterocycles. The van der Waals surface area contributed by atoms with Crippen LogP contribution in [0.2, 0.25) is 0 Å². The summed E-state index contributed by atoms with van der Waals surface area (Å²) in [6, 6.07) is 0. The summed E-state index contributed by atoms with van der Waals surface area (Å²) in [7, 11) is 0. The second kappa shape index (κ2) is 1.42. The topological polar surface area (TPSA) is 0 Å². The molecular weight excluding hydrogens is 120 g/mol. The maximum Gasteiger partial charge on any atom is 0.0328 e. The van der Waals surface area contributed by atoms with Gasteiger partial charge in [0, 0.05) is 5.41 Å². The predicted molar refractivity (Wildman–Crippen MR) is 42.4 cm³/mol. The van der Waals surface area contributed by atoms with Crippen molar-refractivity contribution in [2.45, 2.75) is 33.1 Å². The van der Waals surface area contributed by atoms with E-state index in [2.05, 4.69) is 19.8 Å². The number of terminal acetylenes is 1. The molecule has 3 rings (SSSR count). The zero-order valence-electron chi connectivity index (χ0n) is 6.78. The summed E-state index contributed by atoms with van der Waals surface area (Å²) in [6.45, 7) is 4.64. The smallest absolute Gasteiger partial charge is 0.0328 e. The van der Waals surface area contributed by atoms with Crippen molar-refractivity contribution in [3.63, 3.8) is 0 Å². The van der Waals surface area contributed by atoms with Crippen molar-refractivity contribution in [1.29, 1.82) is 0 Å². The average Bonchev–Trinajstić information content (AvgIpc) is 1.57. The molecule has 0 heterocycles. The van der Waals surface area contributed by atoms with Crippen molar-refractivity contribution >= 4 is 0 Å². The lowest BCUT2D eigenvalue weighted by molar-refractivity contribution is -0.191. The largest absolute Gasteiger partial charge is 0.120 e. The van der Waals surface area contributed by atoms with Crippen molar-refractivity contribution in [2.24, 2.45) is 16.7 Å². The first-order chi connectivity index (χ1) is 4.63. The van der Waals surface area contributed by atoms with Crippen LogP contribution in [-0.4, -0.2) is 0 Å². The van der Waals surface area contributed by atoms with Gasteiger partial charge in [0.15, 0.2) is 0 Å². The minimum absolute atomic E-state index is 0.379. The first-order valence-electron chi connectivity index (χ1n) is 4.10. The molecule has 0 aromatic heterocycles. The Hall–Kier alpha value is -0.440. The zero-order chi connectivity index (χ0) is 7.41. The van der Waals surface area contributed by atoms with Crippen LogP contribution in [0.1, 0.15) is 33.1 Å². The monoisotopic (exact) mass is 134 g/mol. The molecule has 0 saturated heterocycles.